The van der Waals surface area contributed by atoms with Crippen LogP contribution in [0.5, 0.6) is 0 Å². The number of ketones is 1. The van der Waals surface area contributed by atoms with Gasteiger partial charge in [-0.05, 0) is 44.0 Å². The largest absolute Gasteiger partial charge is 0.324 e. The highest BCUT2D eigenvalue weighted by Gasteiger charge is 2.34. The highest BCUT2D eigenvalue weighted by Crippen LogP contribution is 2.45. The van der Waals surface area contributed by atoms with Gasteiger partial charge in [0.2, 0.25) is 5.91 Å². The first kappa shape index (κ1) is 17.5. The zero-order chi connectivity index (χ0) is 18.1. The van der Waals surface area contributed by atoms with Crippen molar-refractivity contribution < 1.29 is 18.4 Å². The SMILES string of the molecule is CC(=O)c1ccc(NC(=O)Cn2nc(C(F)F)c(Cl)c2C2CC2)cc1. The maximum absolute atomic E-state index is 13.0. The van der Waals surface area contributed by atoms with E-state index in [4.69, 9.17) is 11.6 Å². The lowest BCUT2D eigenvalue weighted by Crippen LogP contribution is -2.21. The number of aromatic nitrogens is 2. The van der Waals surface area contributed by atoms with Gasteiger partial charge in [0, 0.05) is 17.2 Å². The van der Waals surface area contributed by atoms with E-state index in [9.17, 15) is 18.4 Å². The Morgan fingerprint density at radius 2 is 1.96 bits per heavy atom. The van der Waals surface area contributed by atoms with Crippen molar-refractivity contribution in [1.82, 2.24) is 9.78 Å². The molecule has 5 nitrogen and oxygen atoms in total. The second-order valence-electron chi connectivity index (χ2n) is 6.00. The summed E-state index contributed by atoms with van der Waals surface area (Å²) in [5.74, 6) is -0.398. The van der Waals surface area contributed by atoms with E-state index in [1.54, 1.807) is 24.3 Å². The molecule has 0 radical (unpaired) electrons. The van der Waals surface area contributed by atoms with Crippen molar-refractivity contribution in [2.45, 2.75) is 38.7 Å². The number of carbonyl (C=O) groups is 2. The predicted octanol–water partition coefficient (Wildman–Crippen LogP) is 4.19. The number of Topliss-reactive ketones (excluding diaryl/α,β-unsaturated/α-hetero) is 1. The molecule has 0 bridgehead atoms. The van der Waals surface area contributed by atoms with Gasteiger partial charge in [0.1, 0.15) is 12.2 Å². The van der Waals surface area contributed by atoms with E-state index >= 15 is 0 Å². The van der Waals surface area contributed by atoms with Crippen LogP contribution in [0.4, 0.5) is 14.5 Å². The minimum Gasteiger partial charge on any atom is -0.324 e. The van der Waals surface area contributed by atoms with Gasteiger partial charge in [-0.2, -0.15) is 5.10 Å². The summed E-state index contributed by atoms with van der Waals surface area (Å²) in [7, 11) is 0. The lowest BCUT2D eigenvalue weighted by atomic mass is 10.1. The number of amides is 1. The predicted molar refractivity (Wildman–Crippen MR) is 89.2 cm³/mol. The van der Waals surface area contributed by atoms with Crippen LogP contribution in [0.3, 0.4) is 0 Å². The third-order valence-corrected chi connectivity index (χ3v) is 4.38. The number of alkyl halides is 2. The molecular formula is C17H16ClF2N3O2. The molecule has 1 N–H and O–H groups in total. The molecule has 1 aliphatic rings. The molecule has 1 aromatic heterocycles. The highest BCUT2D eigenvalue weighted by atomic mass is 35.5. The number of nitrogens with one attached hydrogen (secondary N) is 1. The van der Waals surface area contributed by atoms with Crippen LogP contribution in [0.15, 0.2) is 24.3 Å². The standard InChI is InChI=1S/C17H16ClF2N3O2/c1-9(24)10-4-6-12(7-5-10)21-13(25)8-23-16(11-2-3-11)14(18)15(22-23)17(19)20/h4-7,11,17H,2-3,8H2,1H3,(H,21,25). The van der Waals surface area contributed by atoms with Crippen molar-refractivity contribution in [1.29, 1.82) is 0 Å². The van der Waals surface area contributed by atoms with Gasteiger partial charge < -0.3 is 5.32 Å². The number of carbonyl (C=O) groups excluding carboxylic acids is 2. The Labute approximate surface area is 148 Å². The van der Waals surface area contributed by atoms with Crippen molar-refractivity contribution in [2.75, 3.05) is 5.32 Å². The zero-order valence-corrected chi connectivity index (χ0v) is 14.2. The van der Waals surface area contributed by atoms with Gasteiger partial charge in [-0.3, -0.25) is 14.3 Å². The van der Waals surface area contributed by atoms with E-state index in [-0.39, 0.29) is 23.3 Å². The Kier molecular flexibility index (Phi) is 4.85. The number of anilines is 1. The molecule has 0 saturated heterocycles. The molecule has 1 amide bonds. The van der Waals surface area contributed by atoms with Crippen molar-refractivity contribution in [3.8, 4) is 0 Å². The summed E-state index contributed by atoms with van der Waals surface area (Å²) in [5.41, 5.74) is 1.06. The third kappa shape index (κ3) is 3.87. The van der Waals surface area contributed by atoms with Gasteiger partial charge in [0.25, 0.3) is 6.43 Å². The summed E-state index contributed by atoms with van der Waals surface area (Å²) in [6.45, 7) is 1.25. The van der Waals surface area contributed by atoms with E-state index in [0.29, 0.717) is 16.9 Å². The first-order valence-electron chi connectivity index (χ1n) is 7.82. The normalized spacial score (nSPS) is 14.0. The van der Waals surface area contributed by atoms with Crippen LogP contribution >= 0.6 is 11.6 Å². The van der Waals surface area contributed by atoms with E-state index < -0.39 is 18.0 Å². The molecule has 25 heavy (non-hydrogen) atoms. The van der Waals surface area contributed by atoms with E-state index in [0.717, 1.165) is 12.8 Å². The Bertz CT molecular complexity index is 814. The fourth-order valence-electron chi connectivity index (χ4n) is 2.60. The summed E-state index contributed by atoms with van der Waals surface area (Å²) in [4.78, 5) is 23.5. The molecule has 1 heterocycles. The molecule has 0 atom stereocenters. The van der Waals surface area contributed by atoms with Gasteiger partial charge >= 0.3 is 0 Å². The summed E-state index contributed by atoms with van der Waals surface area (Å²) in [6.07, 6.45) is -1.09. The average Bonchev–Trinajstić information content (AvgIpc) is 3.32. The number of rotatable bonds is 6. The van der Waals surface area contributed by atoms with Crippen molar-refractivity contribution in [3.05, 3.63) is 46.2 Å². The monoisotopic (exact) mass is 367 g/mol. The first-order chi connectivity index (χ1) is 11.9. The summed E-state index contributed by atoms with van der Waals surface area (Å²) < 4.78 is 27.3. The van der Waals surface area contributed by atoms with Gasteiger partial charge in [-0.1, -0.05) is 11.6 Å². The molecule has 1 aromatic carbocycles. The van der Waals surface area contributed by atoms with Crippen LogP contribution in [0.2, 0.25) is 5.02 Å². The molecule has 132 valence electrons. The highest BCUT2D eigenvalue weighted by molar-refractivity contribution is 6.32. The fraction of sp³-hybridized carbons (Fsp3) is 0.353. The van der Waals surface area contributed by atoms with Crippen molar-refractivity contribution in [3.63, 3.8) is 0 Å². The van der Waals surface area contributed by atoms with Gasteiger partial charge in [-0.15, -0.1) is 0 Å². The fourth-order valence-corrected chi connectivity index (χ4v) is 2.98. The first-order valence-corrected chi connectivity index (χ1v) is 8.19. The molecule has 0 unspecified atom stereocenters. The van der Waals surface area contributed by atoms with Gasteiger partial charge in [0.15, 0.2) is 5.78 Å². The smallest absolute Gasteiger partial charge is 0.283 e. The minimum atomic E-state index is -2.78. The lowest BCUT2D eigenvalue weighted by molar-refractivity contribution is -0.117. The summed E-state index contributed by atoms with van der Waals surface area (Å²) >= 11 is 6.02. The Balaban J connectivity index is 1.74. The van der Waals surface area contributed by atoms with Crippen LogP contribution in [-0.4, -0.2) is 21.5 Å². The Hall–Kier alpha value is -2.28. The lowest BCUT2D eigenvalue weighted by Gasteiger charge is -2.08. The van der Waals surface area contributed by atoms with Gasteiger partial charge in [0.05, 0.1) is 10.7 Å². The van der Waals surface area contributed by atoms with E-state index in [2.05, 4.69) is 10.4 Å². The van der Waals surface area contributed by atoms with Crippen molar-refractivity contribution >= 4 is 29.0 Å². The topological polar surface area (TPSA) is 64.0 Å². The van der Waals surface area contributed by atoms with Crippen LogP contribution in [0.1, 0.15) is 53.9 Å². The quantitative estimate of drug-likeness (QED) is 0.778. The van der Waals surface area contributed by atoms with E-state index in [1.807, 2.05) is 0 Å². The maximum atomic E-state index is 13.0. The second kappa shape index (κ2) is 6.92. The second-order valence-corrected chi connectivity index (χ2v) is 6.38. The summed E-state index contributed by atoms with van der Waals surface area (Å²) in [5, 5.41) is 6.43. The molecule has 2 aromatic rings. The molecule has 1 aliphatic carbocycles. The van der Waals surface area contributed by atoms with E-state index in [1.165, 1.54) is 11.6 Å². The average molecular weight is 368 g/mol. The molecule has 0 aliphatic heterocycles. The number of benzene rings is 1. The zero-order valence-electron chi connectivity index (χ0n) is 13.4. The molecule has 8 heteroatoms. The minimum absolute atomic E-state index is 0.0453. The Morgan fingerprint density at radius 3 is 2.48 bits per heavy atom. The van der Waals surface area contributed by atoms with Crippen molar-refractivity contribution in [2.24, 2.45) is 0 Å². The van der Waals surface area contributed by atoms with Crippen LogP contribution in [-0.2, 0) is 11.3 Å². The third-order valence-electron chi connectivity index (χ3n) is 4.00. The number of hydrogen-bond donors (Lipinski definition) is 1. The van der Waals surface area contributed by atoms with Crippen LogP contribution < -0.4 is 5.32 Å². The molecule has 0 spiro atoms. The molecule has 1 saturated carbocycles. The summed E-state index contributed by atoms with van der Waals surface area (Å²) in [6, 6.07) is 6.43. The van der Waals surface area contributed by atoms with Crippen LogP contribution in [0.25, 0.3) is 0 Å². The number of nitrogens with zero attached hydrogens (tertiary/aromatic N) is 2. The van der Waals surface area contributed by atoms with Gasteiger partial charge in [-0.25, -0.2) is 8.78 Å². The number of hydrogen-bond acceptors (Lipinski definition) is 3. The van der Waals surface area contributed by atoms with Crippen LogP contribution in [0, 0.1) is 0 Å². The molecule has 1 fully saturated rings. The number of halogens is 3. The molecule has 3 rings (SSSR count). The maximum Gasteiger partial charge on any atom is 0.283 e. The Morgan fingerprint density at radius 1 is 1.32 bits per heavy atom. The molecular weight excluding hydrogens is 352 g/mol.